The molecular weight excluding hydrogens is 320 g/mol. The highest BCUT2D eigenvalue weighted by molar-refractivity contribution is 7.92. The monoisotopic (exact) mass is 338 g/mol. The molecule has 0 unspecified atom stereocenters. The molecule has 0 saturated carbocycles. The molecule has 0 aliphatic heterocycles. The zero-order valence-corrected chi connectivity index (χ0v) is 14.3. The maximum absolute atomic E-state index is 12.6. The first-order chi connectivity index (χ1) is 10.3. The van der Waals surface area contributed by atoms with Gasteiger partial charge in [0.25, 0.3) is 5.91 Å². The van der Waals surface area contributed by atoms with E-state index in [9.17, 15) is 13.2 Å². The number of aryl methyl sites for hydroxylation is 1. The number of carbonyl (C=O) groups is 1. The van der Waals surface area contributed by atoms with E-state index in [2.05, 4.69) is 4.72 Å². The molecule has 0 saturated heterocycles. The van der Waals surface area contributed by atoms with Crippen LogP contribution in [-0.4, -0.2) is 32.5 Å². The van der Waals surface area contributed by atoms with Gasteiger partial charge in [-0.25, -0.2) is 8.42 Å². The summed E-state index contributed by atoms with van der Waals surface area (Å²) < 4.78 is 25.2. The van der Waals surface area contributed by atoms with Crippen LogP contribution >= 0.6 is 11.3 Å². The molecule has 0 aliphatic carbocycles. The Morgan fingerprint density at radius 1 is 1.27 bits per heavy atom. The lowest BCUT2D eigenvalue weighted by atomic mass is 10.1. The van der Waals surface area contributed by atoms with Crippen LogP contribution in [0.15, 0.2) is 35.7 Å². The van der Waals surface area contributed by atoms with E-state index in [1.54, 1.807) is 47.5 Å². The van der Waals surface area contributed by atoms with Gasteiger partial charge in [0, 0.05) is 11.9 Å². The van der Waals surface area contributed by atoms with Gasteiger partial charge in [-0.15, -0.1) is 11.3 Å². The summed E-state index contributed by atoms with van der Waals surface area (Å²) in [7, 11) is -1.73. The number of rotatable bonds is 5. The maximum atomic E-state index is 12.6. The van der Waals surface area contributed by atoms with Crippen LogP contribution in [0.5, 0.6) is 0 Å². The Labute approximate surface area is 134 Å². The number of sulfonamides is 1. The second-order valence-corrected chi connectivity index (χ2v) is 7.86. The van der Waals surface area contributed by atoms with E-state index in [0.717, 1.165) is 16.7 Å². The molecule has 0 atom stereocenters. The van der Waals surface area contributed by atoms with Gasteiger partial charge in [0.1, 0.15) is 0 Å². The number of thiophene rings is 1. The van der Waals surface area contributed by atoms with Gasteiger partial charge in [-0.2, -0.15) is 0 Å². The number of hydrogen-bond acceptors (Lipinski definition) is 4. The molecule has 5 nitrogen and oxygen atoms in total. The first-order valence-electron chi connectivity index (χ1n) is 6.63. The van der Waals surface area contributed by atoms with Crippen molar-refractivity contribution in [1.82, 2.24) is 4.90 Å². The molecule has 0 radical (unpaired) electrons. The van der Waals surface area contributed by atoms with Gasteiger partial charge in [0.05, 0.1) is 24.1 Å². The number of nitrogens with zero attached hydrogens (tertiary/aromatic N) is 1. The molecule has 1 aromatic carbocycles. The van der Waals surface area contributed by atoms with Crippen molar-refractivity contribution in [2.75, 3.05) is 18.0 Å². The summed E-state index contributed by atoms with van der Waals surface area (Å²) >= 11 is 1.60. The van der Waals surface area contributed by atoms with Crippen LogP contribution in [0, 0.1) is 6.92 Å². The molecule has 1 heterocycles. The van der Waals surface area contributed by atoms with Crippen molar-refractivity contribution in [3.05, 3.63) is 51.7 Å². The molecular formula is C15H18N2O3S2. The average molecular weight is 338 g/mol. The minimum absolute atomic E-state index is 0.223. The molecule has 1 aromatic heterocycles. The van der Waals surface area contributed by atoms with Gasteiger partial charge in [-0.1, -0.05) is 12.1 Å². The van der Waals surface area contributed by atoms with Crippen molar-refractivity contribution >= 4 is 33.0 Å². The fourth-order valence-electron chi connectivity index (χ4n) is 2.02. The topological polar surface area (TPSA) is 66.5 Å². The number of carbonyl (C=O) groups excluding carboxylic acids is 1. The second kappa shape index (κ2) is 6.50. The van der Waals surface area contributed by atoms with Crippen molar-refractivity contribution in [3.8, 4) is 0 Å². The maximum Gasteiger partial charge on any atom is 0.256 e. The smallest absolute Gasteiger partial charge is 0.256 e. The highest BCUT2D eigenvalue weighted by Gasteiger charge is 2.18. The number of hydrogen-bond donors (Lipinski definition) is 1. The van der Waals surface area contributed by atoms with Crippen LogP contribution in [0.1, 0.15) is 20.8 Å². The molecule has 2 rings (SSSR count). The summed E-state index contributed by atoms with van der Waals surface area (Å²) in [6.45, 7) is 2.50. The summed E-state index contributed by atoms with van der Waals surface area (Å²) in [5.41, 5.74) is 1.78. The summed E-state index contributed by atoms with van der Waals surface area (Å²) in [6, 6.07) is 8.61. The zero-order chi connectivity index (χ0) is 16.3. The van der Waals surface area contributed by atoms with E-state index in [0.29, 0.717) is 17.8 Å². The van der Waals surface area contributed by atoms with Crippen molar-refractivity contribution in [1.29, 1.82) is 0 Å². The number of amides is 1. The van der Waals surface area contributed by atoms with E-state index >= 15 is 0 Å². The molecule has 0 bridgehead atoms. The average Bonchev–Trinajstić information content (AvgIpc) is 2.82. The standard InChI is InChI=1S/C15H18N2O3S2/c1-11-8-9-21-14(11)10-17(2)15(18)12-6-4-5-7-13(12)16-22(3,19)20/h4-9,16H,10H2,1-3H3. The molecule has 0 spiro atoms. The largest absolute Gasteiger partial charge is 0.336 e. The van der Waals surface area contributed by atoms with Crippen molar-refractivity contribution in [3.63, 3.8) is 0 Å². The Kier molecular flexibility index (Phi) is 4.87. The summed E-state index contributed by atoms with van der Waals surface area (Å²) in [5, 5.41) is 1.99. The van der Waals surface area contributed by atoms with Gasteiger partial charge >= 0.3 is 0 Å². The van der Waals surface area contributed by atoms with Crippen molar-refractivity contribution < 1.29 is 13.2 Å². The quantitative estimate of drug-likeness (QED) is 0.911. The number of benzene rings is 1. The molecule has 1 amide bonds. The van der Waals surface area contributed by atoms with Gasteiger partial charge in [-0.05, 0) is 36.1 Å². The molecule has 7 heteroatoms. The Balaban J connectivity index is 2.24. The first kappa shape index (κ1) is 16.5. The van der Waals surface area contributed by atoms with E-state index in [-0.39, 0.29) is 5.91 Å². The SMILES string of the molecule is Cc1ccsc1CN(C)C(=O)c1ccccc1NS(C)(=O)=O. The highest BCUT2D eigenvalue weighted by Crippen LogP contribution is 2.21. The highest BCUT2D eigenvalue weighted by atomic mass is 32.2. The van der Waals surface area contributed by atoms with E-state index in [1.165, 1.54) is 0 Å². The van der Waals surface area contributed by atoms with Crippen molar-refractivity contribution in [2.24, 2.45) is 0 Å². The molecule has 118 valence electrons. The molecule has 22 heavy (non-hydrogen) atoms. The van der Waals surface area contributed by atoms with Crippen LogP contribution in [0.3, 0.4) is 0 Å². The lowest BCUT2D eigenvalue weighted by molar-refractivity contribution is 0.0787. The van der Waals surface area contributed by atoms with Crippen LogP contribution in [0.2, 0.25) is 0 Å². The Hall–Kier alpha value is -1.86. The van der Waals surface area contributed by atoms with Crippen LogP contribution in [0.25, 0.3) is 0 Å². The van der Waals surface area contributed by atoms with E-state index in [1.807, 2.05) is 18.4 Å². The first-order valence-corrected chi connectivity index (χ1v) is 9.40. The van der Waals surface area contributed by atoms with Crippen LogP contribution in [0.4, 0.5) is 5.69 Å². The Morgan fingerprint density at radius 2 is 1.95 bits per heavy atom. The summed E-state index contributed by atoms with van der Waals surface area (Å²) in [4.78, 5) is 15.3. The number of anilines is 1. The Morgan fingerprint density at radius 3 is 2.55 bits per heavy atom. The van der Waals surface area contributed by atoms with Gasteiger partial charge in [0.2, 0.25) is 10.0 Å². The zero-order valence-electron chi connectivity index (χ0n) is 12.7. The van der Waals surface area contributed by atoms with Crippen molar-refractivity contribution in [2.45, 2.75) is 13.5 Å². The van der Waals surface area contributed by atoms with Crippen LogP contribution in [-0.2, 0) is 16.6 Å². The van der Waals surface area contributed by atoms with E-state index < -0.39 is 10.0 Å². The minimum atomic E-state index is -3.43. The fourth-order valence-corrected chi connectivity index (χ4v) is 3.55. The molecule has 2 aromatic rings. The predicted octanol–water partition coefficient (Wildman–Crippen LogP) is 2.70. The molecule has 0 fully saturated rings. The number of para-hydroxylation sites is 1. The minimum Gasteiger partial charge on any atom is -0.336 e. The molecule has 1 N–H and O–H groups in total. The lowest BCUT2D eigenvalue weighted by Crippen LogP contribution is -2.27. The normalized spacial score (nSPS) is 11.2. The third-order valence-corrected chi connectivity index (χ3v) is 4.75. The van der Waals surface area contributed by atoms with Gasteiger partial charge < -0.3 is 4.90 Å². The number of nitrogens with one attached hydrogen (secondary N) is 1. The second-order valence-electron chi connectivity index (χ2n) is 5.11. The molecule has 0 aliphatic rings. The summed E-state index contributed by atoms with van der Waals surface area (Å²) in [6.07, 6.45) is 1.06. The Bertz CT molecular complexity index is 782. The lowest BCUT2D eigenvalue weighted by Gasteiger charge is -2.19. The van der Waals surface area contributed by atoms with Gasteiger partial charge in [-0.3, -0.25) is 9.52 Å². The predicted molar refractivity (Wildman–Crippen MR) is 89.8 cm³/mol. The summed E-state index contributed by atoms with van der Waals surface area (Å²) in [5.74, 6) is -0.223. The van der Waals surface area contributed by atoms with E-state index in [4.69, 9.17) is 0 Å². The fraction of sp³-hybridized carbons (Fsp3) is 0.267. The third kappa shape index (κ3) is 4.08. The van der Waals surface area contributed by atoms with Crippen LogP contribution < -0.4 is 4.72 Å². The third-order valence-electron chi connectivity index (χ3n) is 3.15. The van der Waals surface area contributed by atoms with Gasteiger partial charge in [0.15, 0.2) is 0 Å².